The van der Waals surface area contributed by atoms with Crippen LogP contribution in [0.2, 0.25) is 0 Å². The molecule has 4 rings (SSSR count). The molecule has 0 radical (unpaired) electrons. The minimum Gasteiger partial charge on any atom is -0.459 e. The Morgan fingerprint density at radius 2 is 1.28 bits per heavy atom. The van der Waals surface area contributed by atoms with Gasteiger partial charge in [-0.25, -0.2) is 15.6 Å². The molecule has 0 saturated heterocycles. The molecule has 0 aliphatic heterocycles. The molecule has 17 N–H and O–H groups in total. The number of esters is 1. The molecule has 1 aliphatic rings. The minimum absolute atomic E-state index is 0.0527. The first-order chi connectivity index (χ1) is 27.3. The molecule has 0 fully saturated rings. The lowest BCUT2D eigenvalue weighted by molar-refractivity contribution is -0.155. The predicted molar refractivity (Wildman–Crippen MR) is 218 cm³/mol. The minimum atomic E-state index is -1.22. The van der Waals surface area contributed by atoms with Crippen molar-refractivity contribution in [3.63, 3.8) is 0 Å². The van der Waals surface area contributed by atoms with E-state index in [9.17, 15) is 19.2 Å². The van der Waals surface area contributed by atoms with Gasteiger partial charge in [0.25, 0.3) is 5.78 Å². The first-order valence-corrected chi connectivity index (χ1v) is 19.2. The number of carbonyl (C=O) groups excluding carboxylic acids is 4. The summed E-state index contributed by atoms with van der Waals surface area (Å²) in [5.74, 6) is -3.49. The fourth-order valence-corrected chi connectivity index (χ4v) is 6.60. The van der Waals surface area contributed by atoms with Crippen LogP contribution in [0.3, 0.4) is 0 Å². The summed E-state index contributed by atoms with van der Waals surface area (Å²) in [6.45, 7) is 4.53. The van der Waals surface area contributed by atoms with Gasteiger partial charge in [-0.05, 0) is 72.5 Å². The van der Waals surface area contributed by atoms with Gasteiger partial charge in [-0.15, -0.1) is 0 Å². The monoisotopic (exact) mass is 786 g/mol. The standard InChI is InChI=1S/C40H58N12O5/c1-23(2)33(52-51-32(14-8-20-48-40(45)46)36(54)49-21-24-15-17-25(18-16-24)35(41)42)37(55)50-31(13-7-19-47-39(43)44)34(53)38(56)57-22-30-28-11-5-3-9-26(28)27-10-4-6-12-29(27)30/h3-6,9-12,15-18,23,30-33,39-40,47-48,51-52H,7-8,13-14,19-22,43-46H2,1-2H3,(H3,41,42)(H,49,54)(H,50,55)/t31-,32-,33-/m0/s1. The van der Waals surface area contributed by atoms with E-state index in [1.54, 1.807) is 38.1 Å². The Kier molecular flexibility index (Phi) is 17.2. The Bertz CT molecular complexity index is 1770. The summed E-state index contributed by atoms with van der Waals surface area (Å²) < 4.78 is 5.65. The molecule has 1 aliphatic carbocycles. The van der Waals surface area contributed by atoms with E-state index in [0.29, 0.717) is 37.9 Å². The van der Waals surface area contributed by atoms with Gasteiger partial charge in [0.15, 0.2) is 0 Å². The van der Waals surface area contributed by atoms with Crippen molar-refractivity contribution in [2.75, 3.05) is 19.7 Å². The molecular formula is C40H58N12O5. The lowest BCUT2D eigenvalue weighted by atomic mass is 9.98. The fraction of sp³-hybridized carbons (Fsp3) is 0.425. The van der Waals surface area contributed by atoms with E-state index in [4.69, 9.17) is 38.8 Å². The zero-order chi connectivity index (χ0) is 41.5. The van der Waals surface area contributed by atoms with Crippen molar-refractivity contribution in [1.29, 1.82) is 5.41 Å². The van der Waals surface area contributed by atoms with Crippen LogP contribution < -0.4 is 60.8 Å². The van der Waals surface area contributed by atoms with E-state index >= 15 is 0 Å². The molecule has 3 aromatic rings. The second-order valence-electron chi connectivity index (χ2n) is 14.4. The number of hydrogen-bond acceptors (Lipinski definition) is 14. The first kappa shape index (κ1) is 44.6. The number of carbonyl (C=O) groups is 4. The highest BCUT2D eigenvalue weighted by Crippen LogP contribution is 2.44. The number of Topliss-reactive ketones (excluding diaryl/α,β-unsaturated/α-hetero) is 1. The smallest absolute Gasteiger partial charge is 0.376 e. The lowest BCUT2D eigenvalue weighted by Crippen LogP contribution is -2.60. The average molecular weight is 787 g/mol. The van der Waals surface area contributed by atoms with Gasteiger partial charge >= 0.3 is 5.97 Å². The molecule has 17 heteroatoms. The predicted octanol–water partition coefficient (Wildman–Crippen LogP) is -0.375. The SMILES string of the molecule is CC(C)[C@H](NN[C@@H](CCCNC(N)N)C(=O)NCc1ccc(C(=N)N)cc1)C(=O)N[C@@H](CCCNC(N)N)C(=O)C(=O)OCC1c2ccccc2-c2ccccc21. The number of ketones is 1. The second-order valence-corrected chi connectivity index (χ2v) is 14.4. The van der Waals surface area contributed by atoms with Gasteiger partial charge in [0, 0.05) is 18.0 Å². The number of benzene rings is 3. The van der Waals surface area contributed by atoms with Crippen molar-refractivity contribution < 1.29 is 23.9 Å². The zero-order valence-electron chi connectivity index (χ0n) is 32.6. The summed E-state index contributed by atoms with van der Waals surface area (Å²) in [6, 6.07) is 19.7. The Morgan fingerprint density at radius 1 is 0.737 bits per heavy atom. The highest BCUT2D eigenvalue weighted by Gasteiger charge is 2.34. The maximum absolute atomic E-state index is 13.9. The molecule has 0 unspecified atom stereocenters. The number of hydrogen-bond donors (Lipinski definition) is 12. The normalized spacial score (nSPS) is 13.8. The summed E-state index contributed by atoms with van der Waals surface area (Å²) in [4.78, 5) is 54.4. The molecule has 0 spiro atoms. The van der Waals surface area contributed by atoms with Gasteiger partial charge in [-0.1, -0.05) is 86.6 Å². The Morgan fingerprint density at radius 3 is 1.81 bits per heavy atom. The molecule has 3 aromatic carbocycles. The fourth-order valence-electron chi connectivity index (χ4n) is 6.60. The van der Waals surface area contributed by atoms with E-state index in [0.717, 1.165) is 27.8 Å². The highest BCUT2D eigenvalue weighted by molar-refractivity contribution is 6.36. The third-order valence-electron chi connectivity index (χ3n) is 9.69. The third kappa shape index (κ3) is 13.2. The average Bonchev–Trinajstić information content (AvgIpc) is 3.50. The molecule has 17 nitrogen and oxygen atoms in total. The number of hydrazine groups is 1. The number of amidine groups is 1. The van der Waals surface area contributed by atoms with Crippen molar-refractivity contribution in [3.05, 3.63) is 95.1 Å². The summed E-state index contributed by atoms with van der Waals surface area (Å²) in [5, 5.41) is 19.0. The first-order valence-electron chi connectivity index (χ1n) is 19.2. The van der Waals surface area contributed by atoms with Crippen LogP contribution in [0.4, 0.5) is 0 Å². The third-order valence-corrected chi connectivity index (χ3v) is 9.69. The van der Waals surface area contributed by atoms with Crippen molar-refractivity contribution in [2.45, 2.75) is 82.7 Å². The van der Waals surface area contributed by atoms with Crippen LogP contribution >= 0.6 is 0 Å². The van der Waals surface area contributed by atoms with Crippen molar-refractivity contribution in [2.24, 2.45) is 34.6 Å². The molecule has 2 amide bonds. The topological polar surface area (TPSA) is 304 Å². The molecule has 57 heavy (non-hydrogen) atoms. The highest BCUT2D eigenvalue weighted by atomic mass is 16.5. The van der Waals surface area contributed by atoms with Gasteiger partial charge in [0.05, 0.1) is 12.1 Å². The molecule has 3 atom stereocenters. The van der Waals surface area contributed by atoms with Crippen LogP contribution in [-0.4, -0.2) is 79.8 Å². The van der Waals surface area contributed by atoms with E-state index < -0.39 is 48.4 Å². The number of nitrogens with two attached hydrogens (primary N) is 5. The molecule has 0 aromatic heterocycles. The zero-order valence-corrected chi connectivity index (χ0v) is 32.6. The number of amides is 2. The maximum atomic E-state index is 13.9. The van der Waals surface area contributed by atoms with Crippen LogP contribution in [0.15, 0.2) is 72.8 Å². The van der Waals surface area contributed by atoms with E-state index in [-0.39, 0.29) is 43.2 Å². The number of nitrogen functional groups attached to an aromatic ring is 1. The molecule has 308 valence electrons. The van der Waals surface area contributed by atoms with Crippen LogP contribution in [-0.2, 0) is 30.5 Å². The summed E-state index contributed by atoms with van der Waals surface area (Å²) in [6.07, 6.45) is -0.189. The Labute approximate surface area is 333 Å². The quantitative estimate of drug-likeness (QED) is 0.0105. The van der Waals surface area contributed by atoms with Crippen LogP contribution in [0.1, 0.15) is 67.7 Å². The van der Waals surface area contributed by atoms with Gasteiger partial charge in [-0.3, -0.25) is 30.4 Å². The van der Waals surface area contributed by atoms with Gasteiger partial charge in [0.2, 0.25) is 11.8 Å². The molecule has 0 saturated carbocycles. The van der Waals surface area contributed by atoms with Crippen molar-refractivity contribution >= 4 is 29.4 Å². The van der Waals surface area contributed by atoms with Crippen molar-refractivity contribution in [1.82, 2.24) is 32.1 Å². The Hall–Kier alpha value is -5.11. The maximum Gasteiger partial charge on any atom is 0.376 e. The largest absolute Gasteiger partial charge is 0.459 e. The van der Waals surface area contributed by atoms with Crippen molar-refractivity contribution in [3.8, 4) is 11.1 Å². The molecule has 0 bridgehead atoms. The van der Waals surface area contributed by atoms with E-state index in [1.165, 1.54) is 0 Å². The van der Waals surface area contributed by atoms with E-state index in [2.05, 4.69) is 32.1 Å². The summed E-state index contributed by atoms with van der Waals surface area (Å²) in [5.41, 5.74) is 39.5. The lowest BCUT2D eigenvalue weighted by Gasteiger charge is -2.27. The van der Waals surface area contributed by atoms with Gasteiger partial charge < -0.3 is 44.0 Å². The summed E-state index contributed by atoms with van der Waals surface area (Å²) >= 11 is 0. The van der Waals surface area contributed by atoms with Gasteiger partial charge in [0.1, 0.15) is 31.1 Å². The number of nitrogens with one attached hydrogen (secondary N) is 7. The van der Waals surface area contributed by atoms with Crippen LogP contribution in [0, 0.1) is 11.3 Å². The molecular weight excluding hydrogens is 729 g/mol. The number of ether oxygens (including phenoxy) is 1. The Balaban J connectivity index is 1.42. The number of rotatable bonds is 24. The van der Waals surface area contributed by atoms with Gasteiger partial charge in [-0.2, -0.15) is 0 Å². The van der Waals surface area contributed by atoms with E-state index in [1.807, 2.05) is 48.5 Å². The second kappa shape index (κ2) is 22.0. The van der Waals surface area contributed by atoms with Crippen LogP contribution in [0.25, 0.3) is 11.1 Å². The van der Waals surface area contributed by atoms with Crippen LogP contribution in [0.5, 0.6) is 0 Å². The number of fused-ring (bicyclic) bond motifs is 3. The summed E-state index contributed by atoms with van der Waals surface area (Å²) in [7, 11) is 0. The molecule has 0 heterocycles.